The molecule has 2 rings (SSSR count). The smallest absolute Gasteiger partial charge is 0.145 e. The SMILES string of the molecule is Nc1cnccc1S(=O)Cc1cccc(Cl)c1F. The summed E-state index contributed by atoms with van der Waals surface area (Å²) in [6.07, 6.45) is 2.92. The summed E-state index contributed by atoms with van der Waals surface area (Å²) in [5, 5.41) is 0.0206. The molecule has 94 valence electrons. The van der Waals surface area contributed by atoms with Crippen LogP contribution in [0.25, 0.3) is 0 Å². The molecule has 1 heterocycles. The fourth-order valence-corrected chi connectivity index (χ4v) is 2.86. The van der Waals surface area contributed by atoms with Crippen LogP contribution in [0.4, 0.5) is 10.1 Å². The molecule has 6 heteroatoms. The molecular formula is C12H10ClFN2OS. The number of aromatic nitrogens is 1. The zero-order valence-corrected chi connectivity index (χ0v) is 10.8. The first-order chi connectivity index (χ1) is 8.59. The van der Waals surface area contributed by atoms with Crippen molar-refractivity contribution in [2.45, 2.75) is 10.6 Å². The van der Waals surface area contributed by atoms with Crippen molar-refractivity contribution in [3.05, 3.63) is 53.1 Å². The van der Waals surface area contributed by atoms with Gasteiger partial charge in [0.05, 0.1) is 38.4 Å². The van der Waals surface area contributed by atoms with Crippen molar-refractivity contribution in [3.8, 4) is 0 Å². The number of benzene rings is 1. The zero-order valence-electron chi connectivity index (χ0n) is 9.27. The first kappa shape index (κ1) is 13.0. The maximum atomic E-state index is 13.7. The number of halogens is 2. The molecule has 2 aromatic rings. The third-order valence-electron chi connectivity index (χ3n) is 2.37. The number of hydrogen-bond acceptors (Lipinski definition) is 3. The van der Waals surface area contributed by atoms with Crippen LogP contribution in [0.3, 0.4) is 0 Å². The molecule has 1 aromatic carbocycles. The van der Waals surface area contributed by atoms with E-state index in [0.29, 0.717) is 16.1 Å². The number of nitrogens with two attached hydrogens (primary N) is 1. The molecule has 0 aliphatic carbocycles. The third-order valence-corrected chi connectivity index (χ3v) is 4.10. The van der Waals surface area contributed by atoms with E-state index in [9.17, 15) is 8.60 Å². The van der Waals surface area contributed by atoms with Gasteiger partial charge in [-0.25, -0.2) is 4.39 Å². The second-order valence-corrected chi connectivity index (χ2v) is 5.44. The van der Waals surface area contributed by atoms with Gasteiger partial charge in [0, 0.05) is 11.8 Å². The second kappa shape index (κ2) is 5.46. The average Bonchev–Trinajstić information content (AvgIpc) is 2.35. The van der Waals surface area contributed by atoms with Crippen molar-refractivity contribution >= 4 is 28.1 Å². The standard InChI is InChI=1S/C12H10ClFN2OS/c13-9-3-1-2-8(12(9)14)7-18(17)11-4-5-16-6-10(11)15/h1-6H,7,15H2. The highest BCUT2D eigenvalue weighted by Gasteiger charge is 2.13. The van der Waals surface area contributed by atoms with E-state index >= 15 is 0 Å². The lowest BCUT2D eigenvalue weighted by Crippen LogP contribution is -2.03. The molecular weight excluding hydrogens is 275 g/mol. The van der Waals surface area contributed by atoms with Gasteiger partial charge in [-0.3, -0.25) is 9.19 Å². The van der Waals surface area contributed by atoms with Crippen molar-refractivity contribution in [1.82, 2.24) is 4.98 Å². The van der Waals surface area contributed by atoms with Crippen LogP contribution in [0.5, 0.6) is 0 Å². The fraction of sp³-hybridized carbons (Fsp3) is 0.0833. The lowest BCUT2D eigenvalue weighted by Gasteiger charge is -2.06. The van der Waals surface area contributed by atoms with Gasteiger partial charge >= 0.3 is 0 Å². The molecule has 0 spiro atoms. The molecule has 18 heavy (non-hydrogen) atoms. The summed E-state index contributed by atoms with van der Waals surface area (Å²) >= 11 is 5.67. The van der Waals surface area contributed by atoms with E-state index in [-0.39, 0.29) is 10.8 Å². The molecule has 0 saturated heterocycles. The molecule has 0 aliphatic heterocycles. The summed E-state index contributed by atoms with van der Waals surface area (Å²) in [4.78, 5) is 4.26. The Labute approximate surface area is 111 Å². The van der Waals surface area contributed by atoms with E-state index in [0.717, 1.165) is 0 Å². The highest BCUT2D eigenvalue weighted by Crippen LogP contribution is 2.22. The predicted octanol–water partition coefficient (Wildman–Crippen LogP) is 2.76. The Morgan fingerprint density at radius 2 is 2.17 bits per heavy atom. The first-order valence-corrected chi connectivity index (χ1v) is 6.80. The molecule has 0 saturated carbocycles. The Morgan fingerprint density at radius 1 is 1.39 bits per heavy atom. The minimum absolute atomic E-state index is 0.0206. The number of anilines is 1. The van der Waals surface area contributed by atoms with Crippen LogP contribution in [0.2, 0.25) is 5.02 Å². The van der Waals surface area contributed by atoms with Gasteiger partial charge < -0.3 is 5.73 Å². The molecule has 0 amide bonds. The molecule has 1 unspecified atom stereocenters. The summed E-state index contributed by atoms with van der Waals surface area (Å²) in [6, 6.07) is 6.18. The summed E-state index contributed by atoms with van der Waals surface area (Å²) < 4.78 is 25.8. The van der Waals surface area contributed by atoms with E-state index in [1.54, 1.807) is 18.2 Å². The van der Waals surface area contributed by atoms with Crippen molar-refractivity contribution in [2.24, 2.45) is 0 Å². The minimum Gasteiger partial charge on any atom is -0.396 e. The van der Waals surface area contributed by atoms with E-state index < -0.39 is 16.6 Å². The van der Waals surface area contributed by atoms with Gasteiger partial charge in [-0.1, -0.05) is 23.7 Å². The van der Waals surface area contributed by atoms with Gasteiger partial charge in [0.1, 0.15) is 5.82 Å². The van der Waals surface area contributed by atoms with Crippen LogP contribution in [-0.2, 0) is 16.6 Å². The number of nitrogens with zero attached hydrogens (tertiary/aromatic N) is 1. The van der Waals surface area contributed by atoms with Crippen molar-refractivity contribution in [1.29, 1.82) is 0 Å². The van der Waals surface area contributed by atoms with Crippen LogP contribution in [-0.4, -0.2) is 9.19 Å². The van der Waals surface area contributed by atoms with E-state index in [2.05, 4.69) is 4.98 Å². The molecule has 0 fully saturated rings. The minimum atomic E-state index is -1.43. The van der Waals surface area contributed by atoms with Crippen molar-refractivity contribution < 1.29 is 8.60 Å². The molecule has 0 radical (unpaired) electrons. The number of hydrogen-bond donors (Lipinski definition) is 1. The summed E-state index contributed by atoms with van der Waals surface area (Å²) in [6.45, 7) is 0. The van der Waals surface area contributed by atoms with Crippen LogP contribution >= 0.6 is 11.6 Å². The molecule has 1 atom stereocenters. The topological polar surface area (TPSA) is 56.0 Å². The first-order valence-electron chi connectivity index (χ1n) is 5.10. The highest BCUT2D eigenvalue weighted by atomic mass is 35.5. The molecule has 0 bridgehead atoms. The summed E-state index contributed by atoms with van der Waals surface area (Å²) in [7, 11) is -1.43. The Morgan fingerprint density at radius 3 is 2.89 bits per heavy atom. The van der Waals surface area contributed by atoms with Crippen LogP contribution in [0.1, 0.15) is 5.56 Å². The second-order valence-electron chi connectivity index (χ2n) is 3.62. The van der Waals surface area contributed by atoms with Gasteiger partial charge in [0.2, 0.25) is 0 Å². The Kier molecular flexibility index (Phi) is 3.93. The number of rotatable bonds is 3. The number of nitrogen functional groups attached to an aromatic ring is 1. The van der Waals surface area contributed by atoms with Crippen LogP contribution in [0, 0.1) is 5.82 Å². The predicted molar refractivity (Wildman–Crippen MR) is 70.2 cm³/mol. The fourth-order valence-electron chi connectivity index (χ4n) is 1.48. The summed E-state index contributed by atoms with van der Waals surface area (Å²) in [5.74, 6) is -0.513. The van der Waals surface area contributed by atoms with E-state index in [1.165, 1.54) is 18.5 Å². The Balaban J connectivity index is 2.27. The molecule has 2 N–H and O–H groups in total. The van der Waals surface area contributed by atoms with Gasteiger partial charge in [0.15, 0.2) is 0 Å². The van der Waals surface area contributed by atoms with Crippen molar-refractivity contribution in [2.75, 3.05) is 5.73 Å². The van der Waals surface area contributed by atoms with Crippen molar-refractivity contribution in [3.63, 3.8) is 0 Å². The maximum absolute atomic E-state index is 13.7. The van der Waals surface area contributed by atoms with Crippen LogP contribution in [0.15, 0.2) is 41.6 Å². The Bertz CT molecular complexity index is 606. The number of pyridine rings is 1. The molecule has 1 aromatic heterocycles. The lowest BCUT2D eigenvalue weighted by molar-refractivity contribution is 0.615. The molecule has 0 aliphatic rings. The van der Waals surface area contributed by atoms with Gasteiger partial charge in [-0.05, 0) is 12.1 Å². The normalized spacial score (nSPS) is 12.3. The average molecular weight is 285 g/mol. The monoisotopic (exact) mass is 284 g/mol. The Hall–Kier alpha value is -1.46. The van der Waals surface area contributed by atoms with E-state index in [4.69, 9.17) is 17.3 Å². The highest BCUT2D eigenvalue weighted by molar-refractivity contribution is 7.84. The van der Waals surface area contributed by atoms with Gasteiger partial charge in [-0.2, -0.15) is 0 Å². The summed E-state index contributed by atoms with van der Waals surface area (Å²) in [5.41, 5.74) is 6.30. The van der Waals surface area contributed by atoms with Crippen LogP contribution < -0.4 is 5.73 Å². The molecule has 3 nitrogen and oxygen atoms in total. The quantitative estimate of drug-likeness (QED) is 0.943. The van der Waals surface area contributed by atoms with Gasteiger partial charge in [0.25, 0.3) is 0 Å². The maximum Gasteiger partial charge on any atom is 0.145 e. The largest absolute Gasteiger partial charge is 0.396 e. The zero-order chi connectivity index (χ0) is 13.1. The van der Waals surface area contributed by atoms with Gasteiger partial charge in [-0.15, -0.1) is 0 Å². The van der Waals surface area contributed by atoms with E-state index in [1.807, 2.05) is 0 Å². The third kappa shape index (κ3) is 2.68. The lowest BCUT2D eigenvalue weighted by atomic mass is 10.2.